The zero-order valence-corrected chi connectivity index (χ0v) is 24.7. The van der Waals surface area contributed by atoms with Crippen molar-refractivity contribution in [2.75, 3.05) is 0 Å². The molecule has 2 aromatic heterocycles. The van der Waals surface area contributed by atoms with Crippen molar-refractivity contribution >= 4 is 45.4 Å². The summed E-state index contributed by atoms with van der Waals surface area (Å²) in [5, 5.41) is 10.4. The van der Waals surface area contributed by atoms with E-state index in [1.807, 2.05) is 84.9 Å². The second-order valence-corrected chi connectivity index (χ2v) is 11.6. The second-order valence-electron chi connectivity index (χ2n) is 10.6. The molecule has 0 saturated carbocycles. The lowest BCUT2D eigenvalue weighted by Crippen LogP contribution is -2.23. The predicted octanol–water partition coefficient (Wildman–Crippen LogP) is 7.30. The fourth-order valence-corrected chi connectivity index (χ4v) is 6.57. The number of amides is 2. The van der Waals surface area contributed by atoms with E-state index in [9.17, 15) is 9.59 Å². The van der Waals surface area contributed by atoms with Gasteiger partial charge in [0.25, 0.3) is 0 Å². The van der Waals surface area contributed by atoms with Crippen molar-refractivity contribution in [3.63, 3.8) is 0 Å². The summed E-state index contributed by atoms with van der Waals surface area (Å²) in [6.07, 6.45) is 2.02. The first kappa shape index (κ1) is 28.4. The van der Waals surface area contributed by atoms with Gasteiger partial charge in [0.1, 0.15) is 0 Å². The van der Waals surface area contributed by atoms with Crippen molar-refractivity contribution < 1.29 is 9.59 Å². The third-order valence-electron chi connectivity index (χ3n) is 7.62. The first-order chi connectivity index (χ1) is 21.1. The highest BCUT2D eigenvalue weighted by Gasteiger charge is 2.19. The molecule has 0 aliphatic rings. The number of aromatic nitrogens is 2. The van der Waals surface area contributed by atoms with Crippen molar-refractivity contribution in [3.05, 3.63) is 131 Å². The van der Waals surface area contributed by atoms with E-state index in [2.05, 4.69) is 44.9 Å². The monoisotopic (exact) mass is 586 g/mol. The van der Waals surface area contributed by atoms with Crippen LogP contribution >= 0.6 is 11.8 Å². The van der Waals surface area contributed by atoms with Crippen molar-refractivity contribution in [2.45, 2.75) is 48.8 Å². The maximum Gasteiger partial charge on any atom is 0.220 e. The number of carbonyl (C=O) groups is 2. The maximum atomic E-state index is 12.8. The van der Waals surface area contributed by atoms with Crippen LogP contribution in [-0.4, -0.2) is 21.8 Å². The molecule has 0 aliphatic carbocycles. The van der Waals surface area contributed by atoms with Crippen molar-refractivity contribution in [1.29, 1.82) is 0 Å². The number of hydrogen-bond donors (Lipinski definition) is 4. The van der Waals surface area contributed by atoms with Gasteiger partial charge in [-0.2, -0.15) is 0 Å². The highest BCUT2D eigenvalue weighted by Crippen LogP contribution is 2.39. The standard InChI is InChI=1S/C36H34N4O2S/c41-33(37-23-25-11-3-1-4-12-25)21-19-29-27-15-7-9-17-31(27)39-35(29)43-36-30(28-16-8-10-18-32(28)40-36)20-22-34(42)38-24-26-13-5-2-6-14-26/h1-18,39-40H,19-24H2,(H,37,41)(H,38,42). The molecule has 0 radical (unpaired) electrons. The molecular formula is C36H34N4O2S. The van der Waals surface area contributed by atoms with E-state index in [1.165, 1.54) is 0 Å². The van der Waals surface area contributed by atoms with Gasteiger partial charge in [-0.1, -0.05) is 109 Å². The van der Waals surface area contributed by atoms with Gasteiger partial charge in [-0.3, -0.25) is 9.59 Å². The van der Waals surface area contributed by atoms with Crippen LogP contribution in [0.25, 0.3) is 21.8 Å². The highest BCUT2D eigenvalue weighted by molar-refractivity contribution is 7.99. The fourth-order valence-electron chi connectivity index (χ4n) is 5.37. The summed E-state index contributed by atoms with van der Waals surface area (Å²) in [6.45, 7) is 1.04. The van der Waals surface area contributed by atoms with E-state index in [0.717, 1.165) is 54.1 Å². The van der Waals surface area contributed by atoms with Crippen LogP contribution in [0.3, 0.4) is 0 Å². The number of benzene rings is 4. The smallest absolute Gasteiger partial charge is 0.220 e. The molecule has 7 heteroatoms. The van der Waals surface area contributed by atoms with Gasteiger partial charge >= 0.3 is 0 Å². The first-order valence-electron chi connectivity index (χ1n) is 14.6. The molecule has 6 rings (SSSR count). The molecule has 0 bridgehead atoms. The molecule has 43 heavy (non-hydrogen) atoms. The molecule has 4 aromatic carbocycles. The van der Waals surface area contributed by atoms with Crippen LogP contribution in [0.2, 0.25) is 0 Å². The lowest BCUT2D eigenvalue weighted by atomic mass is 10.1. The number of aromatic amines is 2. The fraction of sp³-hybridized carbons (Fsp3) is 0.167. The number of rotatable bonds is 12. The average molecular weight is 587 g/mol. The SMILES string of the molecule is O=C(CCc1c(Sc2[nH]c3ccccc3c2CCC(=O)NCc2ccccc2)[nH]c2ccccc12)NCc1ccccc1. The molecule has 216 valence electrons. The average Bonchev–Trinajstić information content (AvgIpc) is 3.58. The quantitative estimate of drug-likeness (QED) is 0.121. The van der Waals surface area contributed by atoms with Gasteiger partial charge in [-0.25, -0.2) is 0 Å². The molecule has 2 heterocycles. The van der Waals surface area contributed by atoms with Crippen LogP contribution in [0, 0.1) is 0 Å². The van der Waals surface area contributed by atoms with E-state index in [-0.39, 0.29) is 11.8 Å². The minimum Gasteiger partial charge on any atom is -0.352 e. The molecule has 0 aliphatic heterocycles. The Kier molecular flexibility index (Phi) is 8.90. The highest BCUT2D eigenvalue weighted by atomic mass is 32.2. The lowest BCUT2D eigenvalue weighted by Gasteiger charge is -2.09. The first-order valence-corrected chi connectivity index (χ1v) is 15.4. The van der Waals surface area contributed by atoms with Crippen LogP contribution in [0.4, 0.5) is 0 Å². The Labute approximate surface area is 255 Å². The predicted molar refractivity (Wildman–Crippen MR) is 174 cm³/mol. The van der Waals surface area contributed by atoms with E-state index in [4.69, 9.17) is 0 Å². The van der Waals surface area contributed by atoms with Gasteiger partial charge in [0.05, 0.1) is 10.1 Å². The minimum absolute atomic E-state index is 0.0258. The Balaban J connectivity index is 1.19. The summed E-state index contributed by atoms with van der Waals surface area (Å²) in [5.41, 5.74) is 6.50. The molecule has 6 nitrogen and oxygen atoms in total. The van der Waals surface area contributed by atoms with Gasteiger partial charge in [0.15, 0.2) is 0 Å². The van der Waals surface area contributed by atoms with Gasteiger partial charge in [0.2, 0.25) is 11.8 Å². The molecular weight excluding hydrogens is 552 g/mol. The molecule has 0 saturated heterocycles. The number of para-hydroxylation sites is 2. The van der Waals surface area contributed by atoms with Crippen molar-refractivity contribution in [1.82, 2.24) is 20.6 Å². The Hall–Kier alpha value is -4.75. The Morgan fingerprint density at radius 3 is 1.37 bits per heavy atom. The van der Waals surface area contributed by atoms with E-state index < -0.39 is 0 Å². The molecule has 6 aromatic rings. The molecule has 0 spiro atoms. The molecule has 4 N–H and O–H groups in total. The van der Waals surface area contributed by atoms with E-state index >= 15 is 0 Å². The van der Waals surface area contributed by atoms with Crippen LogP contribution in [0.1, 0.15) is 35.1 Å². The molecule has 2 amide bonds. The van der Waals surface area contributed by atoms with Gasteiger partial charge in [0, 0.05) is 47.7 Å². The summed E-state index contributed by atoms with van der Waals surface area (Å²) in [5.74, 6) is 0.0517. The number of H-pyrrole nitrogens is 2. The van der Waals surface area contributed by atoms with Crippen LogP contribution in [0.5, 0.6) is 0 Å². The second kappa shape index (κ2) is 13.5. The zero-order chi connectivity index (χ0) is 29.4. The van der Waals surface area contributed by atoms with Gasteiger partial charge in [-0.15, -0.1) is 0 Å². The summed E-state index contributed by atoms with van der Waals surface area (Å²) < 4.78 is 0. The van der Waals surface area contributed by atoms with Crippen LogP contribution in [0.15, 0.2) is 119 Å². The summed E-state index contributed by atoms with van der Waals surface area (Å²) >= 11 is 1.64. The maximum absolute atomic E-state index is 12.8. The number of aryl methyl sites for hydroxylation is 2. The number of hydrogen-bond acceptors (Lipinski definition) is 3. The Morgan fingerprint density at radius 1 is 0.535 bits per heavy atom. The number of fused-ring (bicyclic) bond motifs is 2. The Bertz CT molecular complexity index is 1710. The van der Waals surface area contributed by atoms with E-state index in [0.29, 0.717) is 38.8 Å². The number of carbonyl (C=O) groups excluding carboxylic acids is 2. The molecule has 0 atom stereocenters. The number of nitrogens with one attached hydrogen (secondary N) is 4. The topological polar surface area (TPSA) is 89.8 Å². The minimum atomic E-state index is 0.0258. The van der Waals surface area contributed by atoms with Crippen molar-refractivity contribution in [3.8, 4) is 0 Å². The third-order valence-corrected chi connectivity index (χ3v) is 8.73. The van der Waals surface area contributed by atoms with Gasteiger partial charge in [-0.05, 0) is 47.2 Å². The molecule has 0 fully saturated rings. The summed E-state index contributed by atoms with van der Waals surface area (Å²) in [6, 6.07) is 36.4. The van der Waals surface area contributed by atoms with Crippen molar-refractivity contribution in [2.24, 2.45) is 0 Å². The normalized spacial score (nSPS) is 11.2. The molecule has 0 unspecified atom stereocenters. The largest absolute Gasteiger partial charge is 0.352 e. The van der Waals surface area contributed by atoms with E-state index in [1.54, 1.807) is 11.8 Å². The zero-order valence-electron chi connectivity index (χ0n) is 23.9. The lowest BCUT2D eigenvalue weighted by molar-refractivity contribution is -0.122. The third kappa shape index (κ3) is 7.01. The van der Waals surface area contributed by atoms with Gasteiger partial charge < -0.3 is 20.6 Å². The Morgan fingerprint density at radius 2 is 0.930 bits per heavy atom. The summed E-state index contributed by atoms with van der Waals surface area (Å²) in [7, 11) is 0. The van der Waals surface area contributed by atoms with Crippen LogP contribution < -0.4 is 10.6 Å². The summed E-state index contributed by atoms with van der Waals surface area (Å²) in [4.78, 5) is 32.8. The van der Waals surface area contributed by atoms with Crippen LogP contribution in [-0.2, 0) is 35.5 Å².